The van der Waals surface area contributed by atoms with Crippen LogP contribution in [-0.2, 0) is 12.0 Å². The molecule has 3 aliphatic heterocycles. The first-order chi connectivity index (χ1) is 17.7. The molecule has 5 rings (SSSR count). The summed E-state index contributed by atoms with van der Waals surface area (Å²) in [5.74, 6) is 0.656. The van der Waals surface area contributed by atoms with Crippen molar-refractivity contribution >= 4 is 17.4 Å². The summed E-state index contributed by atoms with van der Waals surface area (Å²) >= 11 is 0. The average molecular weight is 496 g/mol. The van der Waals surface area contributed by atoms with E-state index in [2.05, 4.69) is 36.2 Å². The SMILES string of the molecule is CN=c1ncc2cc(-c3cc(NC(=O)c4cccc(C(C)(C)C#N)c4)c(F)cc3C)c3n(c-2n1)CCN3. The van der Waals surface area contributed by atoms with Crippen molar-refractivity contribution in [2.24, 2.45) is 4.99 Å². The number of nitrogens with zero attached hydrogens (tertiary/aromatic N) is 5. The number of hydrogen-bond acceptors (Lipinski definition) is 6. The fraction of sp³-hybridized carbons (Fsp3) is 0.250. The van der Waals surface area contributed by atoms with E-state index in [4.69, 9.17) is 0 Å². The Hall–Kier alpha value is -4.58. The summed E-state index contributed by atoms with van der Waals surface area (Å²) in [5, 5.41) is 15.6. The maximum atomic E-state index is 15.0. The Morgan fingerprint density at radius 1 is 1.24 bits per heavy atom. The lowest BCUT2D eigenvalue weighted by molar-refractivity contribution is 0.102. The van der Waals surface area contributed by atoms with Gasteiger partial charge < -0.3 is 15.2 Å². The maximum Gasteiger partial charge on any atom is 0.255 e. The third-order valence-corrected chi connectivity index (χ3v) is 6.67. The molecular formula is C28H26FN7O. The van der Waals surface area contributed by atoms with Crippen LogP contribution in [0.5, 0.6) is 0 Å². The van der Waals surface area contributed by atoms with Crippen LogP contribution in [0.25, 0.3) is 22.5 Å². The Balaban J connectivity index is 1.57. The molecule has 0 aliphatic carbocycles. The Morgan fingerprint density at radius 3 is 2.81 bits per heavy atom. The minimum absolute atomic E-state index is 0.0729. The highest BCUT2D eigenvalue weighted by atomic mass is 19.1. The van der Waals surface area contributed by atoms with Gasteiger partial charge in [-0.25, -0.2) is 9.37 Å². The maximum absolute atomic E-state index is 15.0. The summed E-state index contributed by atoms with van der Waals surface area (Å²) in [7, 11) is 1.65. The van der Waals surface area contributed by atoms with Gasteiger partial charge in [0, 0.05) is 43.0 Å². The zero-order valence-electron chi connectivity index (χ0n) is 21.1. The van der Waals surface area contributed by atoms with E-state index in [0.717, 1.165) is 47.0 Å². The zero-order valence-corrected chi connectivity index (χ0v) is 21.1. The molecule has 3 aliphatic rings. The van der Waals surface area contributed by atoms with Crippen molar-refractivity contribution in [2.45, 2.75) is 32.7 Å². The molecule has 0 saturated heterocycles. The molecule has 186 valence electrons. The minimum atomic E-state index is -0.755. The summed E-state index contributed by atoms with van der Waals surface area (Å²) in [6.45, 7) is 6.86. The van der Waals surface area contributed by atoms with Crippen molar-refractivity contribution in [3.05, 3.63) is 76.8 Å². The fourth-order valence-corrected chi connectivity index (χ4v) is 4.54. The summed E-state index contributed by atoms with van der Waals surface area (Å²) in [6.07, 6.45) is 1.73. The molecule has 1 amide bonds. The lowest BCUT2D eigenvalue weighted by Gasteiger charge is -2.19. The van der Waals surface area contributed by atoms with Crippen LogP contribution in [0.4, 0.5) is 15.9 Å². The highest BCUT2D eigenvalue weighted by molar-refractivity contribution is 6.05. The summed E-state index contributed by atoms with van der Waals surface area (Å²) in [5.41, 5.74) is 3.99. The molecule has 2 aromatic carbocycles. The quantitative estimate of drug-likeness (QED) is 0.433. The first-order valence-electron chi connectivity index (χ1n) is 11.9. The topological polar surface area (TPSA) is 108 Å². The molecule has 0 spiro atoms. The van der Waals surface area contributed by atoms with E-state index in [0.29, 0.717) is 16.7 Å². The highest BCUT2D eigenvalue weighted by Crippen LogP contribution is 2.39. The first kappa shape index (κ1) is 24.1. The number of fused-ring (bicyclic) bond motifs is 3. The lowest BCUT2D eigenvalue weighted by atomic mass is 9.85. The van der Waals surface area contributed by atoms with Crippen LogP contribution in [0.15, 0.2) is 53.7 Å². The molecule has 0 aromatic heterocycles. The van der Waals surface area contributed by atoms with Crippen molar-refractivity contribution in [3.8, 4) is 28.6 Å². The summed E-state index contributed by atoms with van der Waals surface area (Å²) in [4.78, 5) is 26.0. The number of amides is 1. The van der Waals surface area contributed by atoms with E-state index in [1.54, 1.807) is 57.4 Å². The van der Waals surface area contributed by atoms with Crippen LogP contribution in [0.1, 0.15) is 35.3 Å². The van der Waals surface area contributed by atoms with E-state index in [1.807, 2.05) is 13.0 Å². The van der Waals surface area contributed by atoms with Crippen molar-refractivity contribution in [1.29, 1.82) is 5.26 Å². The highest BCUT2D eigenvalue weighted by Gasteiger charge is 2.25. The second-order valence-electron chi connectivity index (χ2n) is 9.58. The van der Waals surface area contributed by atoms with E-state index in [-0.39, 0.29) is 5.69 Å². The van der Waals surface area contributed by atoms with Gasteiger partial charge in [0.05, 0.1) is 17.2 Å². The molecule has 0 fully saturated rings. The van der Waals surface area contributed by atoms with Crippen molar-refractivity contribution in [3.63, 3.8) is 0 Å². The van der Waals surface area contributed by atoms with Crippen molar-refractivity contribution in [2.75, 3.05) is 24.2 Å². The van der Waals surface area contributed by atoms with E-state index < -0.39 is 17.1 Å². The zero-order chi connectivity index (χ0) is 26.3. The first-order valence-corrected chi connectivity index (χ1v) is 11.9. The molecule has 3 heterocycles. The van der Waals surface area contributed by atoms with Gasteiger partial charge in [-0.3, -0.25) is 9.79 Å². The predicted molar refractivity (Wildman–Crippen MR) is 140 cm³/mol. The number of nitriles is 1. The van der Waals surface area contributed by atoms with Crippen molar-refractivity contribution in [1.82, 2.24) is 14.5 Å². The van der Waals surface area contributed by atoms with Gasteiger partial charge >= 0.3 is 0 Å². The molecule has 2 aromatic rings. The van der Waals surface area contributed by atoms with Gasteiger partial charge in [-0.1, -0.05) is 12.1 Å². The standard InChI is InChI=1S/C28H26FN7O/c1-16-10-22(29)23(34-26(37)17-6-5-7-19(11-17)28(2,3)15-30)13-20(16)21-12-18-14-33-27(31-4)35-24(18)36-9-8-32-25(21)36/h5-7,10-14,32H,8-9H2,1-4H3,(H,34,37). The Kier molecular flexibility index (Phi) is 5.96. The molecule has 0 unspecified atom stereocenters. The van der Waals surface area contributed by atoms with Crippen LogP contribution in [0, 0.1) is 24.1 Å². The number of benzene rings is 2. The molecule has 0 atom stereocenters. The number of anilines is 2. The number of pyridine rings is 1. The molecule has 8 nitrogen and oxygen atoms in total. The monoisotopic (exact) mass is 495 g/mol. The summed E-state index contributed by atoms with van der Waals surface area (Å²) < 4.78 is 17.1. The van der Waals surface area contributed by atoms with E-state index in [1.165, 1.54) is 6.07 Å². The third kappa shape index (κ3) is 4.31. The second-order valence-corrected chi connectivity index (χ2v) is 9.58. The lowest BCUT2D eigenvalue weighted by Crippen LogP contribution is -2.18. The van der Waals surface area contributed by atoms with Gasteiger partial charge in [-0.2, -0.15) is 10.2 Å². The Bertz CT molecular complexity index is 1630. The van der Waals surface area contributed by atoms with E-state index >= 15 is 4.39 Å². The number of aryl methyl sites for hydroxylation is 1. The largest absolute Gasteiger partial charge is 0.369 e. The second kappa shape index (κ2) is 9.13. The van der Waals surface area contributed by atoms with Crippen molar-refractivity contribution < 1.29 is 9.18 Å². The molecule has 37 heavy (non-hydrogen) atoms. The van der Waals surface area contributed by atoms with Gasteiger partial charge in [-0.15, -0.1) is 0 Å². The molecular weight excluding hydrogens is 469 g/mol. The van der Waals surface area contributed by atoms with Crippen LogP contribution in [0.3, 0.4) is 0 Å². The molecule has 0 bridgehead atoms. The third-order valence-electron chi connectivity index (χ3n) is 6.67. The molecule has 0 radical (unpaired) electrons. The minimum Gasteiger partial charge on any atom is -0.369 e. The van der Waals surface area contributed by atoms with Gasteiger partial charge in [-0.05, 0) is 67.8 Å². The Morgan fingerprint density at radius 2 is 2.05 bits per heavy atom. The average Bonchev–Trinajstić information content (AvgIpc) is 3.40. The number of hydrogen-bond donors (Lipinski definition) is 2. The Labute approximate surface area is 213 Å². The number of nitrogens with one attached hydrogen (secondary N) is 2. The van der Waals surface area contributed by atoms with Crippen LogP contribution >= 0.6 is 0 Å². The predicted octanol–water partition coefficient (Wildman–Crippen LogP) is 4.51. The molecule has 2 N–H and O–H groups in total. The summed E-state index contributed by atoms with van der Waals surface area (Å²) in [6, 6.07) is 14.1. The number of carbonyl (C=O) groups is 1. The molecule has 9 heteroatoms. The van der Waals surface area contributed by atoms with Gasteiger partial charge in [0.15, 0.2) is 0 Å². The van der Waals surface area contributed by atoms with Crippen LogP contribution < -0.4 is 16.3 Å². The molecule has 0 saturated carbocycles. The number of halogens is 1. The van der Waals surface area contributed by atoms with Gasteiger partial charge in [0.1, 0.15) is 17.5 Å². The van der Waals surface area contributed by atoms with Crippen LogP contribution in [0.2, 0.25) is 0 Å². The smallest absolute Gasteiger partial charge is 0.255 e. The normalized spacial score (nSPS) is 13.2. The van der Waals surface area contributed by atoms with Gasteiger partial charge in [0.25, 0.3) is 5.91 Å². The number of aromatic nitrogens is 3. The number of carbonyl (C=O) groups excluding carboxylic acids is 1. The van der Waals surface area contributed by atoms with Gasteiger partial charge in [0.2, 0.25) is 5.62 Å². The van der Waals surface area contributed by atoms with Crippen LogP contribution in [-0.4, -0.2) is 34.0 Å². The fourth-order valence-electron chi connectivity index (χ4n) is 4.54. The number of rotatable bonds is 4. The van der Waals surface area contributed by atoms with E-state index in [9.17, 15) is 10.1 Å².